The second-order valence-corrected chi connectivity index (χ2v) is 4.17. The summed E-state index contributed by atoms with van der Waals surface area (Å²) in [6, 6.07) is 0. The van der Waals surface area contributed by atoms with Crippen molar-refractivity contribution in [3.05, 3.63) is 6.20 Å². The maximum Gasteiger partial charge on any atom is 0.221 e. The van der Waals surface area contributed by atoms with Crippen molar-refractivity contribution in [2.75, 3.05) is 30.3 Å². The number of aromatic nitrogens is 1. The minimum Gasteiger partial charge on any atom is -0.389 e. The van der Waals surface area contributed by atoms with Crippen LogP contribution in [0, 0.1) is 0 Å². The maximum atomic E-state index is 11.1. The summed E-state index contributed by atoms with van der Waals surface area (Å²) in [5, 5.41) is 4.43. The van der Waals surface area contributed by atoms with Gasteiger partial charge in [-0.1, -0.05) is 11.3 Å². The molecule has 0 unspecified atom stereocenters. The van der Waals surface area contributed by atoms with Gasteiger partial charge in [-0.2, -0.15) is 0 Å². The molecule has 2 rings (SSSR count). The molecule has 0 spiro atoms. The first-order chi connectivity index (χ1) is 6.75. The zero-order valence-electron chi connectivity index (χ0n) is 7.69. The molecule has 0 atom stereocenters. The van der Waals surface area contributed by atoms with Gasteiger partial charge in [-0.15, -0.1) is 0 Å². The van der Waals surface area contributed by atoms with E-state index >= 15 is 0 Å². The number of nitrogens with two attached hydrogens (primary N) is 1. The molecule has 0 bridgehead atoms. The quantitative estimate of drug-likeness (QED) is 0.690. The first kappa shape index (κ1) is 9.26. The molecule has 3 N–H and O–H groups in total. The van der Waals surface area contributed by atoms with Crippen molar-refractivity contribution >= 4 is 27.4 Å². The lowest BCUT2D eigenvalue weighted by Gasteiger charge is -2.17. The van der Waals surface area contributed by atoms with Crippen LogP contribution in [-0.4, -0.2) is 30.5 Å². The fourth-order valence-corrected chi connectivity index (χ4v) is 2.11. The standard InChI is InChI=1S/C8H12N4OS/c9-6-5-11-8(14-6)12-3-1-7(13)10-2-4-12/h5H,1-4,9H2,(H,10,13). The summed E-state index contributed by atoms with van der Waals surface area (Å²) >= 11 is 1.46. The summed E-state index contributed by atoms with van der Waals surface area (Å²) in [6.07, 6.45) is 2.18. The largest absolute Gasteiger partial charge is 0.389 e. The van der Waals surface area contributed by atoms with E-state index in [9.17, 15) is 4.79 Å². The highest BCUT2D eigenvalue weighted by Crippen LogP contribution is 2.24. The number of rotatable bonds is 1. The molecule has 1 amide bonds. The fourth-order valence-electron chi connectivity index (χ4n) is 1.38. The minimum absolute atomic E-state index is 0.108. The van der Waals surface area contributed by atoms with Crippen molar-refractivity contribution in [3.63, 3.8) is 0 Å². The normalized spacial score (nSPS) is 17.7. The van der Waals surface area contributed by atoms with Gasteiger partial charge in [-0.25, -0.2) is 4.98 Å². The molecule has 0 aliphatic carbocycles. The molecule has 5 nitrogen and oxygen atoms in total. The van der Waals surface area contributed by atoms with Crippen LogP contribution in [-0.2, 0) is 4.79 Å². The Balaban J connectivity index is 2.07. The lowest BCUT2D eigenvalue weighted by atomic mass is 10.4. The highest BCUT2D eigenvalue weighted by molar-refractivity contribution is 7.19. The number of amides is 1. The summed E-state index contributed by atoms with van der Waals surface area (Å²) < 4.78 is 0. The molecular formula is C8H12N4OS. The van der Waals surface area contributed by atoms with E-state index in [1.807, 2.05) is 0 Å². The Hall–Kier alpha value is -1.30. The van der Waals surface area contributed by atoms with Gasteiger partial charge in [0.2, 0.25) is 5.91 Å². The predicted molar refractivity (Wildman–Crippen MR) is 56.4 cm³/mol. The molecule has 1 aromatic heterocycles. The topological polar surface area (TPSA) is 71.2 Å². The minimum atomic E-state index is 0.108. The van der Waals surface area contributed by atoms with Crippen LogP contribution < -0.4 is 16.0 Å². The second-order valence-electron chi connectivity index (χ2n) is 3.13. The number of carbonyl (C=O) groups is 1. The SMILES string of the molecule is Nc1cnc(N2CCNC(=O)CC2)s1. The summed E-state index contributed by atoms with van der Waals surface area (Å²) in [5.41, 5.74) is 5.60. The van der Waals surface area contributed by atoms with Crippen LogP contribution in [0.15, 0.2) is 6.20 Å². The van der Waals surface area contributed by atoms with Crippen molar-refractivity contribution in [2.24, 2.45) is 0 Å². The van der Waals surface area contributed by atoms with Gasteiger partial charge in [0.25, 0.3) is 0 Å². The molecule has 0 radical (unpaired) electrons. The Morgan fingerprint density at radius 2 is 2.43 bits per heavy atom. The van der Waals surface area contributed by atoms with E-state index in [1.54, 1.807) is 6.20 Å². The van der Waals surface area contributed by atoms with E-state index in [1.165, 1.54) is 11.3 Å². The molecule has 1 aliphatic rings. The van der Waals surface area contributed by atoms with Gasteiger partial charge in [-0.05, 0) is 0 Å². The lowest BCUT2D eigenvalue weighted by Crippen LogP contribution is -2.28. The van der Waals surface area contributed by atoms with E-state index in [0.717, 1.165) is 18.2 Å². The van der Waals surface area contributed by atoms with Crippen molar-refractivity contribution in [1.82, 2.24) is 10.3 Å². The highest BCUT2D eigenvalue weighted by atomic mass is 32.1. The predicted octanol–water partition coefficient (Wildman–Crippen LogP) is 0.0516. The first-order valence-electron chi connectivity index (χ1n) is 4.48. The highest BCUT2D eigenvalue weighted by Gasteiger charge is 2.15. The fraction of sp³-hybridized carbons (Fsp3) is 0.500. The molecule has 1 fully saturated rings. The van der Waals surface area contributed by atoms with Gasteiger partial charge in [-0.3, -0.25) is 4.79 Å². The molecule has 1 saturated heterocycles. The number of anilines is 2. The van der Waals surface area contributed by atoms with Crippen molar-refractivity contribution in [1.29, 1.82) is 0 Å². The van der Waals surface area contributed by atoms with Gasteiger partial charge >= 0.3 is 0 Å². The van der Waals surface area contributed by atoms with Gasteiger partial charge in [0.05, 0.1) is 6.20 Å². The van der Waals surface area contributed by atoms with E-state index in [0.29, 0.717) is 18.0 Å². The Morgan fingerprint density at radius 1 is 1.57 bits per heavy atom. The second kappa shape index (κ2) is 3.83. The summed E-state index contributed by atoms with van der Waals surface area (Å²) in [6.45, 7) is 2.20. The summed E-state index contributed by atoms with van der Waals surface area (Å²) in [5.74, 6) is 0.108. The van der Waals surface area contributed by atoms with Gasteiger partial charge in [0, 0.05) is 26.1 Å². The number of hydrogen-bond donors (Lipinski definition) is 2. The summed E-state index contributed by atoms with van der Waals surface area (Å²) in [4.78, 5) is 17.4. The van der Waals surface area contributed by atoms with Gasteiger partial charge < -0.3 is 16.0 Å². The van der Waals surface area contributed by atoms with Crippen LogP contribution in [0.2, 0.25) is 0 Å². The van der Waals surface area contributed by atoms with Crippen molar-refractivity contribution in [2.45, 2.75) is 6.42 Å². The number of nitrogen functional groups attached to an aromatic ring is 1. The molecule has 0 saturated carbocycles. The van der Waals surface area contributed by atoms with E-state index in [-0.39, 0.29) is 5.91 Å². The number of carbonyl (C=O) groups excluding carboxylic acids is 1. The van der Waals surface area contributed by atoms with Gasteiger partial charge in [0.1, 0.15) is 5.00 Å². The summed E-state index contributed by atoms with van der Waals surface area (Å²) in [7, 11) is 0. The molecule has 6 heteroatoms. The van der Waals surface area contributed by atoms with Gasteiger partial charge in [0.15, 0.2) is 5.13 Å². The Kier molecular flexibility index (Phi) is 2.53. The zero-order chi connectivity index (χ0) is 9.97. The Labute approximate surface area is 85.9 Å². The van der Waals surface area contributed by atoms with Crippen LogP contribution in [0.1, 0.15) is 6.42 Å². The Bertz CT molecular complexity index is 338. The number of nitrogens with zero attached hydrogens (tertiary/aromatic N) is 2. The molecule has 1 aliphatic heterocycles. The number of hydrogen-bond acceptors (Lipinski definition) is 5. The number of thiazole rings is 1. The molecule has 1 aromatic rings. The molecule has 14 heavy (non-hydrogen) atoms. The molecular weight excluding hydrogens is 200 g/mol. The molecule has 2 heterocycles. The number of nitrogens with one attached hydrogen (secondary N) is 1. The average Bonchev–Trinajstić information content (AvgIpc) is 2.46. The third kappa shape index (κ3) is 1.95. The zero-order valence-corrected chi connectivity index (χ0v) is 8.51. The van der Waals surface area contributed by atoms with Crippen LogP contribution in [0.25, 0.3) is 0 Å². The van der Waals surface area contributed by atoms with E-state index in [2.05, 4.69) is 15.2 Å². The van der Waals surface area contributed by atoms with E-state index in [4.69, 9.17) is 5.73 Å². The van der Waals surface area contributed by atoms with Crippen molar-refractivity contribution in [3.8, 4) is 0 Å². The van der Waals surface area contributed by atoms with Crippen molar-refractivity contribution < 1.29 is 4.79 Å². The van der Waals surface area contributed by atoms with E-state index < -0.39 is 0 Å². The lowest BCUT2D eigenvalue weighted by molar-refractivity contribution is -0.120. The van der Waals surface area contributed by atoms with Crippen LogP contribution in [0.5, 0.6) is 0 Å². The third-order valence-corrected chi connectivity index (χ3v) is 2.98. The smallest absolute Gasteiger partial charge is 0.221 e. The van der Waals surface area contributed by atoms with Crippen LogP contribution in [0.4, 0.5) is 10.1 Å². The average molecular weight is 212 g/mol. The maximum absolute atomic E-state index is 11.1. The Morgan fingerprint density at radius 3 is 3.14 bits per heavy atom. The molecule has 0 aromatic carbocycles. The first-order valence-corrected chi connectivity index (χ1v) is 5.30. The third-order valence-electron chi connectivity index (χ3n) is 2.09. The molecule has 76 valence electrons. The monoisotopic (exact) mass is 212 g/mol. The van der Waals surface area contributed by atoms with Crippen LogP contribution >= 0.6 is 11.3 Å². The van der Waals surface area contributed by atoms with Crippen LogP contribution in [0.3, 0.4) is 0 Å².